The minimum atomic E-state index is 0. The maximum Gasteiger partial charge on any atom is 0.239 e. The van der Waals surface area contributed by atoms with Crippen molar-refractivity contribution in [2.45, 2.75) is 76.4 Å². The summed E-state index contributed by atoms with van der Waals surface area (Å²) in [6.07, 6.45) is 13.4. The molecule has 5 nitrogen and oxygen atoms in total. The maximum absolute atomic E-state index is 13.1. The number of rotatable bonds is 3. The van der Waals surface area contributed by atoms with Gasteiger partial charge in [0, 0.05) is 37.9 Å². The minimum Gasteiger partial charge on any atom is -0.339 e. The fourth-order valence-electron chi connectivity index (χ4n) is 5.06. The van der Waals surface area contributed by atoms with Gasteiger partial charge in [-0.15, -0.1) is 24.8 Å². The van der Waals surface area contributed by atoms with E-state index in [1.54, 1.807) is 0 Å². The van der Waals surface area contributed by atoms with Crippen molar-refractivity contribution in [2.24, 2.45) is 5.92 Å². The number of fused-ring (bicyclic) bond motifs is 1. The number of nitrogens with one attached hydrogen (secondary N) is 1. The molecule has 0 spiro atoms. The third-order valence-corrected chi connectivity index (χ3v) is 6.33. The Morgan fingerprint density at radius 2 is 2.04 bits per heavy atom. The molecule has 4 atom stereocenters. The third kappa shape index (κ3) is 4.20. The second-order valence-corrected chi connectivity index (χ2v) is 7.79. The highest BCUT2D eigenvalue weighted by Crippen LogP contribution is 2.34. The molecule has 3 aliphatic rings. The van der Waals surface area contributed by atoms with Crippen LogP contribution in [-0.4, -0.2) is 45.5 Å². The fourth-order valence-corrected chi connectivity index (χ4v) is 5.06. The number of nitrogens with zero attached hydrogens (tertiary/aromatic N) is 3. The molecule has 2 aliphatic heterocycles. The summed E-state index contributed by atoms with van der Waals surface area (Å²) < 4.78 is 2.29. The first-order valence-electron chi connectivity index (χ1n) is 9.82. The minimum absolute atomic E-state index is 0. The van der Waals surface area contributed by atoms with Crippen LogP contribution in [0.25, 0.3) is 0 Å². The number of hydrogen-bond donors (Lipinski definition) is 1. The lowest BCUT2D eigenvalue weighted by Crippen LogP contribution is -2.49. The number of aryl methyl sites for hydroxylation is 1. The Bertz CT molecular complexity index is 580. The Morgan fingerprint density at radius 1 is 1.23 bits per heavy atom. The van der Waals surface area contributed by atoms with E-state index in [9.17, 15) is 4.79 Å². The van der Waals surface area contributed by atoms with Crippen molar-refractivity contribution in [3.63, 3.8) is 0 Å². The Kier molecular flexibility index (Phi) is 7.80. The van der Waals surface area contributed by atoms with Crippen LogP contribution in [0.4, 0.5) is 0 Å². The molecule has 7 heteroatoms. The molecule has 4 rings (SSSR count). The average Bonchev–Trinajstić information content (AvgIpc) is 3.27. The highest BCUT2D eigenvalue weighted by molar-refractivity contribution is 5.85. The molecule has 0 aromatic carbocycles. The van der Waals surface area contributed by atoms with Crippen molar-refractivity contribution in [1.82, 2.24) is 19.8 Å². The van der Waals surface area contributed by atoms with Gasteiger partial charge in [0.2, 0.25) is 5.91 Å². The van der Waals surface area contributed by atoms with Crippen LogP contribution in [0.15, 0.2) is 12.4 Å². The van der Waals surface area contributed by atoms with E-state index in [0.717, 1.165) is 50.5 Å². The molecule has 3 fully saturated rings. The molecule has 3 heterocycles. The summed E-state index contributed by atoms with van der Waals surface area (Å²) in [7, 11) is 0. The molecule has 1 aromatic rings. The van der Waals surface area contributed by atoms with Gasteiger partial charge in [-0.1, -0.05) is 19.8 Å². The van der Waals surface area contributed by atoms with E-state index in [-0.39, 0.29) is 30.9 Å². The third-order valence-electron chi connectivity index (χ3n) is 6.33. The normalized spacial score (nSPS) is 30.9. The van der Waals surface area contributed by atoms with E-state index in [2.05, 4.69) is 32.9 Å². The fraction of sp³-hybridized carbons (Fsp3) is 0.789. The van der Waals surface area contributed by atoms with Gasteiger partial charge < -0.3 is 14.8 Å². The van der Waals surface area contributed by atoms with Crippen LogP contribution < -0.4 is 5.32 Å². The van der Waals surface area contributed by atoms with Crippen molar-refractivity contribution in [2.75, 3.05) is 13.1 Å². The average molecular weight is 403 g/mol. The van der Waals surface area contributed by atoms with Gasteiger partial charge in [0.05, 0.1) is 12.1 Å². The molecule has 1 N–H and O–H groups in total. The predicted molar refractivity (Wildman–Crippen MR) is 108 cm³/mol. The lowest BCUT2D eigenvalue weighted by molar-refractivity contribution is -0.134. The van der Waals surface area contributed by atoms with Crippen LogP contribution in [0, 0.1) is 5.92 Å². The van der Waals surface area contributed by atoms with Crippen LogP contribution >= 0.6 is 24.8 Å². The molecule has 0 bridgehead atoms. The lowest BCUT2D eigenvalue weighted by atomic mass is 9.85. The Balaban J connectivity index is 0.00000121. The Morgan fingerprint density at radius 3 is 2.81 bits per heavy atom. The summed E-state index contributed by atoms with van der Waals surface area (Å²) >= 11 is 0. The summed E-state index contributed by atoms with van der Waals surface area (Å²) in [4.78, 5) is 19.6. The maximum atomic E-state index is 13.1. The van der Waals surface area contributed by atoms with Crippen LogP contribution in [0.3, 0.4) is 0 Å². The summed E-state index contributed by atoms with van der Waals surface area (Å²) in [5, 5.41) is 3.65. The van der Waals surface area contributed by atoms with Crippen LogP contribution in [0.1, 0.15) is 63.7 Å². The van der Waals surface area contributed by atoms with E-state index in [4.69, 9.17) is 0 Å². The van der Waals surface area contributed by atoms with Gasteiger partial charge in [-0.25, -0.2) is 4.98 Å². The molecule has 0 radical (unpaired) electrons. The topological polar surface area (TPSA) is 50.2 Å². The van der Waals surface area contributed by atoms with E-state index in [1.165, 1.54) is 25.7 Å². The first-order valence-corrected chi connectivity index (χ1v) is 9.82. The zero-order valence-corrected chi connectivity index (χ0v) is 17.2. The number of likely N-dealkylation sites (tertiary alicyclic amines) is 1. The molecule has 4 unspecified atom stereocenters. The van der Waals surface area contributed by atoms with Gasteiger partial charge >= 0.3 is 0 Å². The number of halogens is 2. The van der Waals surface area contributed by atoms with Gasteiger partial charge in [-0.3, -0.25) is 4.79 Å². The number of piperidine rings is 1. The van der Waals surface area contributed by atoms with Gasteiger partial charge in [-0.2, -0.15) is 0 Å². The molecular weight excluding hydrogens is 371 g/mol. The molecule has 2 saturated heterocycles. The molecule has 1 amide bonds. The van der Waals surface area contributed by atoms with Crippen LogP contribution in [-0.2, 0) is 11.2 Å². The largest absolute Gasteiger partial charge is 0.339 e. The summed E-state index contributed by atoms with van der Waals surface area (Å²) in [5.41, 5.74) is 0. The number of carbonyl (C=O) groups excluding carboxylic acids is 1. The van der Waals surface area contributed by atoms with Crippen molar-refractivity contribution < 1.29 is 4.79 Å². The summed E-state index contributed by atoms with van der Waals surface area (Å²) in [6, 6.07) is 1.04. The highest BCUT2D eigenvalue weighted by Gasteiger charge is 2.40. The summed E-state index contributed by atoms with van der Waals surface area (Å²) in [6.45, 7) is 3.91. The zero-order chi connectivity index (χ0) is 16.5. The van der Waals surface area contributed by atoms with Crippen molar-refractivity contribution in [3.05, 3.63) is 18.2 Å². The van der Waals surface area contributed by atoms with Crippen LogP contribution in [0.5, 0.6) is 0 Å². The van der Waals surface area contributed by atoms with Gasteiger partial charge in [0.1, 0.15) is 5.82 Å². The van der Waals surface area contributed by atoms with E-state index in [0.29, 0.717) is 18.0 Å². The molecule has 148 valence electrons. The highest BCUT2D eigenvalue weighted by atomic mass is 35.5. The Labute approximate surface area is 169 Å². The molecule has 1 saturated carbocycles. The first kappa shape index (κ1) is 21.5. The zero-order valence-electron chi connectivity index (χ0n) is 15.6. The van der Waals surface area contributed by atoms with Crippen molar-refractivity contribution >= 4 is 30.7 Å². The van der Waals surface area contributed by atoms with Crippen LogP contribution in [0.2, 0.25) is 0 Å². The van der Waals surface area contributed by atoms with Gasteiger partial charge in [-0.05, 0) is 38.0 Å². The van der Waals surface area contributed by atoms with E-state index in [1.807, 2.05) is 6.20 Å². The SMILES string of the molecule is CCc1nccn1C1CCCN(C(=O)C2CC3CCCCC3N2)C1.Cl.Cl. The quantitative estimate of drug-likeness (QED) is 0.842. The number of imidazole rings is 1. The number of aromatic nitrogens is 2. The second kappa shape index (κ2) is 9.43. The molecule has 1 aromatic heterocycles. The first-order chi connectivity index (χ1) is 11.8. The molecule has 1 aliphatic carbocycles. The second-order valence-electron chi connectivity index (χ2n) is 7.79. The van der Waals surface area contributed by atoms with Crippen molar-refractivity contribution in [1.29, 1.82) is 0 Å². The van der Waals surface area contributed by atoms with E-state index < -0.39 is 0 Å². The standard InChI is InChI=1S/C19H30N4O.2ClH/c1-2-18-20-9-11-23(18)15-7-5-10-22(13-15)19(24)17-12-14-6-3-4-8-16(14)21-17;;/h9,11,14-17,21H,2-8,10,12-13H2,1H3;2*1H. The number of hydrogen-bond acceptors (Lipinski definition) is 3. The van der Waals surface area contributed by atoms with Gasteiger partial charge in [0.25, 0.3) is 0 Å². The molecule has 26 heavy (non-hydrogen) atoms. The van der Waals surface area contributed by atoms with E-state index >= 15 is 0 Å². The Hall–Kier alpha value is -0.780. The summed E-state index contributed by atoms with van der Waals surface area (Å²) in [5.74, 6) is 2.21. The molecular formula is C19H32Cl2N4O. The predicted octanol–water partition coefficient (Wildman–Crippen LogP) is 3.37. The number of amides is 1. The monoisotopic (exact) mass is 402 g/mol. The van der Waals surface area contributed by atoms with Crippen molar-refractivity contribution in [3.8, 4) is 0 Å². The smallest absolute Gasteiger partial charge is 0.239 e. The van der Waals surface area contributed by atoms with Gasteiger partial charge in [0.15, 0.2) is 0 Å². The lowest BCUT2D eigenvalue weighted by Gasteiger charge is -2.35. The number of carbonyl (C=O) groups is 1.